The predicted octanol–water partition coefficient (Wildman–Crippen LogP) is 2.86. The summed E-state index contributed by atoms with van der Waals surface area (Å²) in [6.45, 7) is 0.958. The molecule has 2 nitrogen and oxygen atoms in total. The van der Waals surface area contributed by atoms with Gasteiger partial charge in [0.25, 0.3) is 0 Å². The molecule has 2 aromatic rings. The Kier molecular flexibility index (Phi) is 3.73. The lowest BCUT2D eigenvalue weighted by Gasteiger charge is -2.06. The van der Waals surface area contributed by atoms with E-state index in [9.17, 15) is 4.39 Å². The Morgan fingerprint density at radius 2 is 1.71 bits per heavy atom. The van der Waals surface area contributed by atoms with Crippen LogP contribution in [0.2, 0.25) is 0 Å². The topological polar surface area (TPSA) is 35.2 Å². The highest BCUT2D eigenvalue weighted by atomic mass is 19.1. The zero-order chi connectivity index (χ0) is 12.1. The monoisotopic (exact) mass is 231 g/mol. The lowest BCUT2D eigenvalue weighted by atomic mass is 10.1. The van der Waals surface area contributed by atoms with Crippen molar-refractivity contribution in [3.63, 3.8) is 0 Å². The highest BCUT2D eigenvalue weighted by Crippen LogP contribution is 2.14. The van der Waals surface area contributed by atoms with Gasteiger partial charge in [0, 0.05) is 12.6 Å². The second kappa shape index (κ2) is 5.46. The summed E-state index contributed by atoms with van der Waals surface area (Å²) in [6, 6.07) is 14.0. The van der Waals surface area contributed by atoms with Crippen LogP contribution >= 0.6 is 0 Å². The second-order valence-corrected chi connectivity index (χ2v) is 3.77. The Hall–Kier alpha value is -1.87. The molecule has 0 atom stereocenters. The highest BCUT2D eigenvalue weighted by molar-refractivity contribution is 5.25. The molecule has 0 spiro atoms. The molecule has 0 heterocycles. The molecule has 0 aliphatic heterocycles. The van der Waals surface area contributed by atoms with Crippen LogP contribution in [0.3, 0.4) is 0 Å². The third kappa shape index (κ3) is 3.29. The Labute approximate surface area is 99.8 Å². The van der Waals surface area contributed by atoms with E-state index >= 15 is 0 Å². The fourth-order valence-corrected chi connectivity index (χ4v) is 1.50. The van der Waals surface area contributed by atoms with Crippen LogP contribution in [0.15, 0.2) is 48.5 Å². The van der Waals surface area contributed by atoms with Crippen LogP contribution in [-0.4, -0.2) is 0 Å². The summed E-state index contributed by atoms with van der Waals surface area (Å²) in [5.41, 5.74) is 7.63. The number of halogens is 1. The lowest BCUT2D eigenvalue weighted by Crippen LogP contribution is -1.98. The zero-order valence-corrected chi connectivity index (χ0v) is 9.40. The van der Waals surface area contributed by atoms with Gasteiger partial charge in [-0.3, -0.25) is 0 Å². The number of rotatable bonds is 4. The number of benzene rings is 2. The van der Waals surface area contributed by atoms with Crippen LogP contribution in [0.25, 0.3) is 0 Å². The van der Waals surface area contributed by atoms with Gasteiger partial charge in [-0.15, -0.1) is 0 Å². The molecule has 0 amide bonds. The average Bonchev–Trinajstić information content (AvgIpc) is 2.37. The van der Waals surface area contributed by atoms with Crippen LogP contribution in [0.4, 0.5) is 4.39 Å². The Morgan fingerprint density at radius 1 is 1.00 bits per heavy atom. The van der Waals surface area contributed by atoms with E-state index in [0.717, 1.165) is 11.1 Å². The van der Waals surface area contributed by atoms with Gasteiger partial charge >= 0.3 is 0 Å². The third-order valence-electron chi connectivity index (χ3n) is 2.46. The van der Waals surface area contributed by atoms with Crippen molar-refractivity contribution in [2.45, 2.75) is 13.2 Å². The summed E-state index contributed by atoms with van der Waals surface area (Å²) in [7, 11) is 0. The Bertz CT molecular complexity index is 482. The molecule has 2 aromatic carbocycles. The minimum Gasteiger partial charge on any atom is -0.489 e. The molecular formula is C14H14FNO. The number of hydrogen-bond acceptors (Lipinski definition) is 2. The Balaban J connectivity index is 1.97. The first kappa shape index (κ1) is 11.6. The standard InChI is InChI=1S/C14H14FNO/c15-13-2-1-3-14(8-13)17-10-12-6-4-11(9-16)5-7-12/h1-8H,9-10,16H2. The maximum absolute atomic E-state index is 12.9. The lowest BCUT2D eigenvalue weighted by molar-refractivity contribution is 0.304. The molecule has 17 heavy (non-hydrogen) atoms. The normalized spacial score (nSPS) is 10.2. The van der Waals surface area contributed by atoms with Crippen LogP contribution in [0.5, 0.6) is 5.75 Å². The fraction of sp³-hybridized carbons (Fsp3) is 0.143. The number of hydrogen-bond donors (Lipinski definition) is 1. The molecule has 2 N–H and O–H groups in total. The maximum atomic E-state index is 12.9. The summed E-state index contributed by atoms with van der Waals surface area (Å²) in [5, 5.41) is 0. The largest absolute Gasteiger partial charge is 0.489 e. The zero-order valence-electron chi connectivity index (χ0n) is 9.40. The van der Waals surface area contributed by atoms with Gasteiger partial charge in [0.1, 0.15) is 18.2 Å². The van der Waals surface area contributed by atoms with Gasteiger partial charge in [-0.2, -0.15) is 0 Å². The molecule has 0 aliphatic rings. The molecule has 0 aliphatic carbocycles. The van der Waals surface area contributed by atoms with Crippen molar-refractivity contribution in [1.82, 2.24) is 0 Å². The quantitative estimate of drug-likeness (QED) is 0.878. The van der Waals surface area contributed by atoms with Gasteiger partial charge < -0.3 is 10.5 Å². The van der Waals surface area contributed by atoms with Gasteiger partial charge in [0.15, 0.2) is 0 Å². The predicted molar refractivity (Wildman–Crippen MR) is 65.1 cm³/mol. The first-order valence-corrected chi connectivity index (χ1v) is 5.44. The van der Waals surface area contributed by atoms with Gasteiger partial charge in [-0.25, -0.2) is 4.39 Å². The van der Waals surface area contributed by atoms with E-state index in [2.05, 4.69) is 0 Å². The van der Waals surface area contributed by atoms with E-state index in [0.29, 0.717) is 18.9 Å². The third-order valence-corrected chi connectivity index (χ3v) is 2.46. The minimum atomic E-state index is -0.291. The average molecular weight is 231 g/mol. The molecule has 2 rings (SSSR count). The molecule has 0 saturated carbocycles. The molecule has 0 radical (unpaired) electrons. The van der Waals surface area contributed by atoms with Crippen LogP contribution in [0.1, 0.15) is 11.1 Å². The summed E-state index contributed by atoms with van der Waals surface area (Å²) < 4.78 is 18.4. The number of ether oxygens (including phenoxy) is 1. The molecule has 0 aromatic heterocycles. The fourth-order valence-electron chi connectivity index (χ4n) is 1.50. The number of nitrogens with two attached hydrogens (primary N) is 1. The maximum Gasteiger partial charge on any atom is 0.126 e. The molecular weight excluding hydrogens is 217 g/mol. The molecule has 0 bridgehead atoms. The summed E-state index contributed by atoms with van der Waals surface area (Å²) in [4.78, 5) is 0. The molecule has 0 fully saturated rings. The van der Waals surface area contributed by atoms with Crippen LogP contribution in [0, 0.1) is 5.82 Å². The SMILES string of the molecule is NCc1ccc(COc2cccc(F)c2)cc1. The molecule has 0 saturated heterocycles. The van der Waals surface area contributed by atoms with Crippen molar-refractivity contribution in [2.24, 2.45) is 5.73 Å². The van der Waals surface area contributed by atoms with E-state index in [1.807, 2.05) is 24.3 Å². The second-order valence-electron chi connectivity index (χ2n) is 3.77. The van der Waals surface area contributed by atoms with E-state index in [1.165, 1.54) is 12.1 Å². The minimum absolute atomic E-state index is 0.291. The summed E-state index contributed by atoms with van der Waals surface area (Å²) in [5.74, 6) is 0.244. The Morgan fingerprint density at radius 3 is 2.35 bits per heavy atom. The first-order valence-electron chi connectivity index (χ1n) is 5.44. The van der Waals surface area contributed by atoms with E-state index < -0.39 is 0 Å². The summed E-state index contributed by atoms with van der Waals surface area (Å²) in [6.07, 6.45) is 0. The van der Waals surface area contributed by atoms with Gasteiger partial charge in [-0.1, -0.05) is 30.3 Å². The molecule has 3 heteroatoms. The van der Waals surface area contributed by atoms with Gasteiger partial charge in [0.2, 0.25) is 0 Å². The van der Waals surface area contributed by atoms with Crippen molar-refractivity contribution in [3.05, 3.63) is 65.5 Å². The van der Waals surface area contributed by atoms with E-state index in [1.54, 1.807) is 12.1 Å². The van der Waals surface area contributed by atoms with E-state index in [-0.39, 0.29) is 5.82 Å². The van der Waals surface area contributed by atoms with Crippen molar-refractivity contribution < 1.29 is 9.13 Å². The van der Waals surface area contributed by atoms with Gasteiger partial charge in [0.05, 0.1) is 0 Å². The van der Waals surface area contributed by atoms with Crippen molar-refractivity contribution in [3.8, 4) is 5.75 Å². The van der Waals surface area contributed by atoms with Gasteiger partial charge in [-0.05, 0) is 23.3 Å². The molecule has 88 valence electrons. The van der Waals surface area contributed by atoms with Crippen LogP contribution < -0.4 is 10.5 Å². The highest BCUT2D eigenvalue weighted by Gasteiger charge is 1.98. The van der Waals surface area contributed by atoms with E-state index in [4.69, 9.17) is 10.5 Å². The van der Waals surface area contributed by atoms with Crippen molar-refractivity contribution in [2.75, 3.05) is 0 Å². The summed E-state index contributed by atoms with van der Waals surface area (Å²) >= 11 is 0. The smallest absolute Gasteiger partial charge is 0.126 e. The van der Waals surface area contributed by atoms with Crippen molar-refractivity contribution in [1.29, 1.82) is 0 Å². The van der Waals surface area contributed by atoms with Crippen molar-refractivity contribution >= 4 is 0 Å². The molecule has 0 unspecified atom stereocenters. The first-order chi connectivity index (χ1) is 8.28. The van der Waals surface area contributed by atoms with Crippen LogP contribution in [-0.2, 0) is 13.2 Å².